The summed E-state index contributed by atoms with van der Waals surface area (Å²) < 4.78 is 11.2. The maximum atomic E-state index is 11.8. The molecule has 1 aliphatic heterocycles. The zero-order valence-electron chi connectivity index (χ0n) is 18.8. The van der Waals surface area contributed by atoms with Crippen molar-refractivity contribution in [2.45, 2.75) is 39.2 Å². The van der Waals surface area contributed by atoms with E-state index in [0.717, 1.165) is 26.1 Å². The topological polar surface area (TPSA) is 67.7 Å². The largest absolute Gasteiger partial charge is 0.478 e. The molecule has 6 heteroatoms. The number of benzene rings is 1. The monoisotopic (exact) mass is 423 g/mol. The van der Waals surface area contributed by atoms with Crippen molar-refractivity contribution in [3.05, 3.63) is 53.2 Å². The van der Waals surface area contributed by atoms with E-state index in [-0.39, 0.29) is 5.92 Å². The summed E-state index contributed by atoms with van der Waals surface area (Å²) in [5.74, 6) is 1.07. The Labute approximate surface area is 184 Å². The van der Waals surface area contributed by atoms with Crippen LogP contribution in [-0.4, -0.2) is 52.8 Å². The zero-order valence-corrected chi connectivity index (χ0v) is 18.8. The van der Waals surface area contributed by atoms with Gasteiger partial charge < -0.3 is 14.6 Å². The lowest BCUT2D eigenvalue weighted by atomic mass is 9.83. The Morgan fingerprint density at radius 2 is 1.97 bits per heavy atom. The van der Waals surface area contributed by atoms with E-state index in [2.05, 4.69) is 52.1 Å². The van der Waals surface area contributed by atoms with Gasteiger partial charge in [0.05, 0.1) is 18.8 Å². The zero-order chi connectivity index (χ0) is 21.8. The lowest BCUT2D eigenvalue weighted by molar-refractivity contribution is -0.00951. The summed E-state index contributed by atoms with van der Waals surface area (Å²) in [4.78, 5) is 11.2. The molecular weight excluding hydrogens is 390 g/mol. The van der Waals surface area contributed by atoms with Gasteiger partial charge in [-0.2, -0.15) is 4.98 Å². The smallest absolute Gasteiger partial charge is 0.319 e. The van der Waals surface area contributed by atoms with Crippen LogP contribution in [0.15, 0.2) is 42.1 Å². The third-order valence-electron chi connectivity index (χ3n) is 6.46. The highest BCUT2D eigenvalue weighted by Gasteiger charge is 2.53. The molecule has 0 spiro atoms. The average Bonchev–Trinajstić information content (AvgIpc) is 3.29. The van der Waals surface area contributed by atoms with Gasteiger partial charge in [0.2, 0.25) is 5.88 Å². The van der Waals surface area contributed by atoms with E-state index in [1.165, 1.54) is 11.1 Å². The first-order valence-electron chi connectivity index (χ1n) is 11.3. The molecule has 3 atom stereocenters. The van der Waals surface area contributed by atoms with Crippen LogP contribution < -0.4 is 9.47 Å². The van der Waals surface area contributed by atoms with Crippen LogP contribution in [-0.2, 0) is 5.60 Å². The highest BCUT2D eigenvalue weighted by atomic mass is 16.5. The van der Waals surface area contributed by atoms with Crippen molar-refractivity contribution in [3.8, 4) is 11.9 Å². The van der Waals surface area contributed by atoms with Gasteiger partial charge in [-0.05, 0) is 45.1 Å². The fraction of sp³-hybridized carbons (Fsp3) is 0.520. The van der Waals surface area contributed by atoms with E-state index in [1.807, 2.05) is 19.9 Å². The Bertz CT molecular complexity index is 917. The predicted octanol–water partition coefficient (Wildman–Crippen LogP) is 3.91. The molecule has 1 aromatic heterocycles. The molecule has 1 aliphatic carbocycles. The molecule has 1 saturated heterocycles. The number of ether oxygens (including phenoxy) is 2. The van der Waals surface area contributed by atoms with Crippen LogP contribution in [0.2, 0.25) is 0 Å². The van der Waals surface area contributed by atoms with Gasteiger partial charge in [-0.25, -0.2) is 4.98 Å². The van der Waals surface area contributed by atoms with Gasteiger partial charge in [-0.15, -0.1) is 0 Å². The molecule has 1 N–H and O–H groups in total. The van der Waals surface area contributed by atoms with Crippen LogP contribution in [0.1, 0.15) is 44.7 Å². The van der Waals surface area contributed by atoms with Gasteiger partial charge in [0, 0.05) is 31.7 Å². The molecule has 0 amide bonds. The predicted molar refractivity (Wildman–Crippen MR) is 121 cm³/mol. The maximum absolute atomic E-state index is 11.8. The van der Waals surface area contributed by atoms with E-state index in [4.69, 9.17) is 9.47 Å². The lowest BCUT2D eigenvalue weighted by Crippen LogP contribution is -2.36. The molecule has 0 radical (unpaired) electrons. The minimum absolute atomic E-state index is 0.151. The molecule has 2 aromatic rings. The van der Waals surface area contributed by atoms with Crippen molar-refractivity contribution in [2.24, 2.45) is 11.8 Å². The molecule has 4 rings (SSSR count). The second kappa shape index (κ2) is 9.37. The summed E-state index contributed by atoms with van der Waals surface area (Å²) >= 11 is 0. The van der Waals surface area contributed by atoms with Gasteiger partial charge in [-0.1, -0.05) is 42.0 Å². The Morgan fingerprint density at radius 3 is 2.71 bits per heavy atom. The van der Waals surface area contributed by atoms with Gasteiger partial charge >= 0.3 is 6.01 Å². The quantitative estimate of drug-likeness (QED) is 0.694. The van der Waals surface area contributed by atoms with Crippen LogP contribution in [0.4, 0.5) is 0 Å². The number of hydrogen-bond acceptors (Lipinski definition) is 6. The first kappa shape index (κ1) is 21.8. The first-order chi connectivity index (χ1) is 15.0. The molecule has 31 heavy (non-hydrogen) atoms. The number of rotatable bonds is 8. The second-order valence-electron chi connectivity index (χ2n) is 8.66. The Morgan fingerprint density at radius 1 is 1.19 bits per heavy atom. The molecule has 6 nitrogen and oxygen atoms in total. The minimum atomic E-state index is -0.967. The molecule has 0 bridgehead atoms. The van der Waals surface area contributed by atoms with Crippen molar-refractivity contribution >= 4 is 6.08 Å². The number of hydrogen-bond donors (Lipinski definition) is 1. The Balaban J connectivity index is 1.51. The summed E-state index contributed by atoms with van der Waals surface area (Å²) in [6.45, 7) is 9.76. The fourth-order valence-electron chi connectivity index (χ4n) is 5.17. The van der Waals surface area contributed by atoms with Crippen LogP contribution in [0, 0.1) is 11.8 Å². The molecule has 1 saturated carbocycles. The van der Waals surface area contributed by atoms with E-state index in [9.17, 15) is 5.11 Å². The molecule has 1 aromatic carbocycles. The van der Waals surface area contributed by atoms with E-state index < -0.39 is 5.60 Å². The fourth-order valence-corrected chi connectivity index (χ4v) is 5.17. The SMILES string of the molecule is CCOc1ncc([C@@]2(O)CC[C@@H]3CN(C/C(C)=C/c4ccccc4)C[C@@H]32)c(OCC)n1. The molecule has 166 valence electrons. The van der Waals surface area contributed by atoms with Crippen molar-refractivity contribution in [2.75, 3.05) is 32.8 Å². The number of fused-ring (bicyclic) bond motifs is 1. The van der Waals surface area contributed by atoms with Crippen LogP contribution >= 0.6 is 0 Å². The van der Waals surface area contributed by atoms with E-state index in [1.54, 1.807) is 6.20 Å². The van der Waals surface area contributed by atoms with Crippen molar-refractivity contribution < 1.29 is 14.6 Å². The summed E-state index contributed by atoms with van der Waals surface area (Å²) in [5.41, 5.74) is 2.28. The standard InChI is InChI=1S/C25H33N3O3/c1-4-30-23-21(14-26-24(27-23)31-5-2)25(29)12-11-20-16-28(17-22(20)25)15-18(3)13-19-9-7-6-8-10-19/h6-10,13-14,20,22,29H,4-5,11-12,15-17H2,1-3H3/b18-13+/t20-,22+,25+/m1/s1. The summed E-state index contributed by atoms with van der Waals surface area (Å²) in [6, 6.07) is 10.7. The van der Waals surface area contributed by atoms with Gasteiger partial charge in [-0.3, -0.25) is 4.90 Å². The van der Waals surface area contributed by atoms with Crippen molar-refractivity contribution in [1.82, 2.24) is 14.9 Å². The van der Waals surface area contributed by atoms with Gasteiger partial charge in [0.15, 0.2) is 0 Å². The third kappa shape index (κ3) is 4.60. The van der Waals surface area contributed by atoms with Gasteiger partial charge in [0.1, 0.15) is 5.60 Å². The maximum Gasteiger partial charge on any atom is 0.319 e. The van der Waals surface area contributed by atoms with Crippen molar-refractivity contribution in [1.29, 1.82) is 0 Å². The normalized spacial score (nSPS) is 26.1. The highest BCUT2D eigenvalue weighted by molar-refractivity contribution is 5.52. The average molecular weight is 424 g/mol. The first-order valence-corrected chi connectivity index (χ1v) is 11.3. The number of aromatic nitrogens is 2. The molecule has 2 aliphatic rings. The molecule has 2 heterocycles. The van der Waals surface area contributed by atoms with Crippen LogP contribution in [0.5, 0.6) is 11.9 Å². The number of likely N-dealkylation sites (tertiary alicyclic amines) is 1. The molecule has 0 unspecified atom stereocenters. The summed E-state index contributed by atoms with van der Waals surface area (Å²) in [6.07, 6.45) is 5.66. The van der Waals surface area contributed by atoms with Gasteiger partial charge in [0.25, 0.3) is 0 Å². The third-order valence-corrected chi connectivity index (χ3v) is 6.46. The van der Waals surface area contributed by atoms with E-state index >= 15 is 0 Å². The highest BCUT2D eigenvalue weighted by Crippen LogP contribution is 2.52. The summed E-state index contributed by atoms with van der Waals surface area (Å²) in [7, 11) is 0. The summed E-state index contributed by atoms with van der Waals surface area (Å²) in [5, 5.41) is 11.8. The van der Waals surface area contributed by atoms with Crippen LogP contribution in [0.25, 0.3) is 6.08 Å². The number of nitrogens with zero attached hydrogens (tertiary/aromatic N) is 3. The molecule has 2 fully saturated rings. The Hall–Kier alpha value is -2.44. The Kier molecular flexibility index (Phi) is 6.58. The minimum Gasteiger partial charge on any atom is -0.478 e. The van der Waals surface area contributed by atoms with E-state index in [0.29, 0.717) is 43.0 Å². The second-order valence-corrected chi connectivity index (χ2v) is 8.66. The lowest BCUT2D eigenvalue weighted by Gasteiger charge is -2.31. The van der Waals surface area contributed by atoms with Crippen molar-refractivity contribution in [3.63, 3.8) is 0 Å². The number of aliphatic hydroxyl groups is 1. The molecular formula is C25H33N3O3. The van der Waals surface area contributed by atoms with Crippen LogP contribution in [0.3, 0.4) is 0 Å².